The van der Waals surface area contributed by atoms with Crippen molar-refractivity contribution in [1.29, 1.82) is 0 Å². The van der Waals surface area contributed by atoms with E-state index in [1.165, 1.54) is 11.1 Å². The van der Waals surface area contributed by atoms with Crippen LogP contribution < -0.4 is 9.47 Å². The summed E-state index contributed by atoms with van der Waals surface area (Å²) in [7, 11) is 3.14. The molecule has 0 unspecified atom stereocenters. The molecule has 0 aliphatic rings. The van der Waals surface area contributed by atoms with Gasteiger partial charge >= 0.3 is 0 Å². The van der Waals surface area contributed by atoms with Crippen LogP contribution in [-0.4, -0.2) is 36.1 Å². The molecule has 3 rings (SSSR count). The SMILES string of the molecule is C=CCN(Cc1cccn1Cc1cccc(C)c1)C(=O)c1ccc(OC)cc1OC. The van der Waals surface area contributed by atoms with Crippen molar-refractivity contribution < 1.29 is 14.3 Å². The Morgan fingerprint density at radius 1 is 1.10 bits per heavy atom. The van der Waals surface area contributed by atoms with Gasteiger partial charge in [0, 0.05) is 31.0 Å². The molecule has 0 bridgehead atoms. The van der Waals surface area contributed by atoms with Gasteiger partial charge in [-0.15, -0.1) is 6.58 Å². The Labute approximate surface area is 178 Å². The lowest BCUT2D eigenvalue weighted by molar-refractivity contribution is 0.0756. The van der Waals surface area contributed by atoms with Gasteiger partial charge in [-0.3, -0.25) is 4.79 Å². The second kappa shape index (κ2) is 9.83. The van der Waals surface area contributed by atoms with Gasteiger partial charge in [0.1, 0.15) is 11.5 Å². The zero-order valence-corrected chi connectivity index (χ0v) is 17.8. The number of rotatable bonds is 9. The molecule has 1 aromatic heterocycles. The molecule has 1 heterocycles. The number of aryl methyl sites for hydroxylation is 1. The molecule has 0 N–H and O–H groups in total. The largest absolute Gasteiger partial charge is 0.497 e. The summed E-state index contributed by atoms with van der Waals surface area (Å²) in [6, 6.07) is 17.7. The first-order valence-corrected chi connectivity index (χ1v) is 9.87. The molecular weight excluding hydrogens is 376 g/mol. The standard InChI is InChI=1S/C25H28N2O3/c1-5-13-27(25(28)23-12-11-22(29-3)16-24(23)30-4)18-21-10-7-14-26(21)17-20-9-6-8-19(2)15-20/h5-12,14-16H,1,13,17-18H2,2-4H3. The molecule has 3 aromatic rings. The van der Waals surface area contributed by atoms with Crippen LogP contribution in [0.1, 0.15) is 27.2 Å². The Morgan fingerprint density at radius 3 is 2.63 bits per heavy atom. The van der Waals surface area contributed by atoms with E-state index in [1.54, 1.807) is 43.4 Å². The number of aromatic nitrogens is 1. The predicted molar refractivity (Wildman–Crippen MR) is 119 cm³/mol. The molecule has 0 atom stereocenters. The van der Waals surface area contributed by atoms with Crippen molar-refractivity contribution in [3.05, 3.63) is 95.8 Å². The van der Waals surface area contributed by atoms with Crippen LogP contribution in [0, 0.1) is 6.92 Å². The number of nitrogens with zero attached hydrogens (tertiary/aromatic N) is 2. The monoisotopic (exact) mass is 404 g/mol. The van der Waals surface area contributed by atoms with E-state index in [0.717, 1.165) is 12.2 Å². The maximum Gasteiger partial charge on any atom is 0.258 e. The maximum absolute atomic E-state index is 13.3. The van der Waals surface area contributed by atoms with Crippen molar-refractivity contribution in [3.8, 4) is 11.5 Å². The molecular formula is C25H28N2O3. The van der Waals surface area contributed by atoms with Crippen LogP contribution in [0.15, 0.2) is 73.4 Å². The Balaban J connectivity index is 1.84. The summed E-state index contributed by atoms with van der Waals surface area (Å²) in [5.74, 6) is 1.02. The summed E-state index contributed by atoms with van der Waals surface area (Å²) < 4.78 is 12.8. The van der Waals surface area contributed by atoms with Crippen LogP contribution in [0.3, 0.4) is 0 Å². The lowest BCUT2D eigenvalue weighted by Gasteiger charge is -2.23. The van der Waals surface area contributed by atoms with E-state index in [9.17, 15) is 4.79 Å². The number of amides is 1. The molecule has 0 aliphatic heterocycles. The van der Waals surface area contributed by atoms with E-state index in [1.807, 2.05) is 18.3 Å². The summed E-state index contributed by atoms with van der Waals surface area (Å²) in [6.45, 7) is 7.57. The van der Waals surface area contributed by atoms with Gasteiger partial charge < -0.3 is 18.9 Å². The Kier molecular flexibility index (Phi) is 6.96. The highest BCUT2D eigenvalue weighted by Crippen LogP contribution is 2.26. The third-order valence-electron chi connectivity index (χ3n) is 4.99. The van der Waals surface area contributed by atoms with E-state index in [2.05, 4.69) is 42.3 Å². The minimum atomic E-state index is -0.113. The van der Waals surface area contributed by atoms with E-state index < -0.39 is 0 Å². The fourth-order valence-corrected chi connectivity index (χ4v) is 3.47. The van der Waals surface area contributed by atoms with E-state index in [0.29, 0.717) is 30.2 Å². The molecule has 5 nitrogen and oxygen atoms in total. The number of carbonyl (C=O) groups excluding carboxylic acids is 1. The summed E-state index contributed by atoms with van der Waals surface area (Å²) >= 11 is 0. The average molecular weight is 405 g/mol. The van der Waals surface area contributed by atoms with Crippen molar-refractivity contribution in [2.75, 3.05) is 20.8 Å². The number of methoxy groups -OCH3 is 2. The molecule has 30 heavy (non-hydrogen) atoms. The zero-order chi connectivity index (χ0) is 21.5. The second-order valence-corrected chi connectivity index (χ2v) is 7.16. The van der Waals surface area contributed by atoms with Gasteiger partial charge in [-0.2, -0.15) is 0 Å². The van der Waals surface area contributed by atoms with Crippen molar-refractivity contribution in [1.82, 2.24) is 9.47 Å². The molecule has 0 spiro atoms. The third-order valence-corrected chi connectivity index (χ3v) is 4.99. The van der Waals surface area contributed by atoms with Gasteiger partial charge in [-0.05, 0) is 36.8 Å². The molecule has 0 aliphatic carbocycles. The van der Waals surface area contributed by atoms with Crippen LogP contribution in [0.5, 0.6) is 11.5 Å². The van der Waals surface area contributed by atoms with Crippen molar-refractivity contribution in [3.63, 3.8) is 0 Å². The first-order chi connectivity index (χ1) is 14.5. The normalized spacial score (nSPS) is 10.5. The third kappa shape index (κ3) is 4.92. The molecule has 0 saturated carbocycles. The first-order valence-electron chi connectivity index (χ1n) is 9.87. The van der Waals surface area contributed by atoms with E-state index in [4.69, 9.17) is 9.47 Å². The van der Waals surface area contributed by atoms with Gasteiger partial charge in [0.25, 0.3) is 5.91 Å². The predicted octanol–water partition coefficient (Wildman–Crippen LogP) is 4.69. The summed E-state index contributed by atoms with van der Waals surface area (Å²) in [4.78, 5) is 15.1. The van der Waals surface area contributed by atoms with Crippen LogP contribution >= 0.6 is 0 Å². The van der Waals surface area contributed by atoms with E-state index in [-0.39, 0.29) is 5.91 Å². The first kappa shape index (κ1) is 21.2. The summed E-state index contributed by atoms with van der Waals surface area (Å²) in [5, 5.41) is 0. The van der Waals surface area contributed by atoms with Gasteiger partial charge in [0.2, 0.25) is 0 Å². The van der Waals surface area contributed by atoms with Crippen molar-refractivity contribution in [2.24, 2.45) is 0 Å². The molecule has 0 saturated heterocycles. The smallest absolute Gasteiger partial charge is 0.258 e. The lowest BCUT2D eigenvalue weighted by Crippen LogP contribution is -2.32. The molecule has 1 amide bonds. The topological polar surface area (TPSA) is 43.7 Å². The van der Waals surface area contributed by atoms with Gasteiger partial charge in [-0.1, -0.05) is 35.9 Å². The Morgan fingerprint density at radius 2 is 1.93 bits per heavy atom. The second-order valence-electron chi connectivity index (χ2n) is 7.16. The van der Waals surface area contributed by atoms with Crippen LogP contribution in [0.4, 0.5) is 0 Å². The maximum atomic E-state index is 13.3. The van der Waals surface area contributed by atoms with Gasteiger partial charge in [-0.25, -0.2) is 0 Å². The van der Waals surface area contributed by atoms with Crippen LogP contribution in [0.2, 0.25) is 0 Å². The molecule has 5 heteroatoms. The molecule has 0 radical (unpaired) electrons. The summed E-state index contributed by atoms with van der Waals surface area (Å²) in [6.07, 6.45) is 3.78. The quantitative estimate of drug-likeness (QED) is 0.486. The van der Waals surface area contributed by atoms with Crippen LogP contribution in [0.25, 0.3) is 0 Å². The number of benzene rings is 2. The van der Waals surface area contributed by atoms with Crippen molar-refractivity contribution >= 4 is 5.91 Å². The lowest BCUT2D eigenvalue weighted by atomic mass is 10.1. The number of hydrogen-bond donors (Lipinski definition) is 0. The average Bonchev–Trinajstić information content (AvgIpc) is 3.19. The van der Waals surface area contributed by atoms with Gasteiger partial charge in [0.05, 0.1) is 26.3 Å². The molecule has 156 valence electrons. The number of carbonyl (C=O) groups is 1. The zero-order valence-electron chi connectivity index (χ0n) is 17.8. The van der Waals surface area contributed by atoms with Gasteiger partial charge in [0.15, 0.2) is 0 Å². The highest BCUT2D eigenvalue weighted by Gasteiger charge is 2.20. The van der Waals surface area contributed by atoms with Crippen molar-refractivity contribution in [2.45, 2.75) is 20.0 Å². The molecule has 2 aromatic carbocycles. The van der Waals surface area contributed by atoms with Crippen LogP contribution in [-0.2, 0) is 13.1 Å². The fourth-order valence-electron chi connectivity index (χ4n) is 3.47. The Bertz CT molecular complexity index is 1020. The highest BCUT2D eigenvalue weighted by molar-refractivity contribution is 5.97. The fraction of sp³-hybridized carbons (Fsp3) is 0.240. The molecule has 0 fully saturated rings. The minimum Gasteiger partial charge on any atom is -0.497 e. The number of ether oxygens (including phenoxy) is 2. The van der Waals surface area contributed by atoms with E-state index >= 15 is 0 Å². The Hall–Kier alpha value is -3.47. The summed E-state index contributed by atoms with van der Waals surface area (Å²) in [5.41, 5.74) is 4.01. The number of hydrogen-bond acceptors (Lipinski definition) is 3. The highest BCUT2D eigenvalue weighted by atomic mass is 16.5. The minimum absolute atomic E-state index is 0.113.